The Balaban J connectivity index is 1.92. The average molecular weight is 249 g/mol. The molecule has 18 heavy (non-hydrogen) atoms. The minimum atomic E-state index is 0.138. The fourth-order valence-electron chi connectivity index (χ4n) is 2.60. The number of hydrogen-bond acceptors (Lipinski definition) is 3. The van der Waals surface area contributed by atoms with Crippen molar-refractivity contribution in [2.75, 3.05) is 13.7 Å². The quantitative estimate of drug-likeness (QED) is 0.872. The molecule has 0 aliphatic heterocycles. The van der Waals surface area contributed by atoms with Crippen LogP contribution in [0.5, 0.6) is 11.5 Å². The van der Waals surface area contributed by atoms with Crippen molar-refractivity contribution in [1.29, 1.82) is 0 Å². The molecule has 0 heterocycles. The molecule has 0 radical (unpaired) electrons. The summed E-state index contributed by atoms with van der Waals surface area (Å²) < 4.78 is 11.1. The Morgan fingerprint density at radius 3 is 2.67 bits per heavy atom. The zero-order valence-electron chi connectivity index (χ0n) is 11.3. The first kappa shape index (κ1) is 13.2. The summed E-state index contributed by atoms with van der Waals surface area (Å²) in [4.78, 5) is 0. The summed E-state index contributed by atoms with van der Waals surface area (Å²) in [6.45, 7) is 2.61. The van der Waals surface area contributed by atoms with E-state index in [1.165, 1.54) is 31.2 Å². The molecule has 0 aromatic heterocycles. The van der Waals surface area contributed by atoms with E-state index in [-0.39, 0.29) is 6.04 Å². The van der Waals surface area contributed by atoms with Crippen molar-refractivity contribution in [3.8, 4) is 11.5 Å². The van der Waals surface area contributed by atoms with Crippen LogP contribution in [0.25, 0.3) is 0 Å². The van der Waals surface area contributed by atoms with E-state index >= 15 is 0 Å². The topological polar surface area (TPSA) is 44.5 Å². The number of hydrogen-bond donors (Lipinski definition) is 1. The van der Waals surface area contributed by atoms with Crippen molar-refractivity contribution in [2.45, 2.75) is 38.6 Å². The summed E-state index contributed by atoms with van der Waals surface area (Å²) in [7, 11) is 1.67. The lowest BCUT2D eigenvalue weighted by atomic mass is 10.00. The van der Waals surface area contributed by atoms with Gasteiger partial charge in [-0.1, -0.05) is 18.9 Å². The lowest BCUT2D eigenvalue weighted by Gasteiger charge is -2.20. The fraction of sp³-hybridized carbons (Fsp3) is 0.600. The van der Waals surface area contributed by atoms with Gasteiger partial charge in [0.1, 0.15) is 6.61 Å². The molecule has 1 atom stereocenters. The molecular weight excluding hydrogens is 226 g/mol. The van der Waals surface area contributed by atoms with Gasteiger partial charge < -0.3 is 15.2 Å². The van der Waals surface area contributed by atoms with Gasteiger partial charge in [-0.2, -0.15) is 0 Å². The van der Waals surface area contributed by atoms with Crippen molar-refractivity contribution >= 4 is 0 Å². The van der Waals surface area contributed by atoms with Crippen molar-refractivity contribution in [3.05, 3.63) is 23.8 Å². The third-order valence-corrected chi connectivity index (χ3v) is 3.76. The maximum Gasteiger partial charge on any atom is 0.161 e. The molecule has 1 aromatic rings. The van der Waals surface area contributed by atoms with E-state index in [9.17, 15) is 0 Å². The highest BCUT2D eigenvalue weighted by Gasteiger charge is 2.22. The highest BCUT2D eigenvalue weighted by atomic mass is 16.5. The number of benzene rings is 1. The summed E-state index contributed by atoms with van der Waals surface area (Å²) in [5.74, 6) is 2.20. The van der Waals surface area contributed by atoms with Gasteiger partial charge in [0.05, 0.1) is 7.11 Å². The second-order valence-corrected chi connectivity index (χ2v) is 5.17. The highest BCUT2D eigenvalue weighted by Crippen LogP contribution is 2.30. The zero-order chi connectivity index (χ0) is 13.0. The summed E-state index contributed by atoms with van der Waals surface area (Å²) in [6, 6.07) is 6.10. The van der Waals surface area contributed by atoms with E-state index in [0.717, 1.165) is 11.5 Å². The zero-order valence-corrected chi connectivity index (χ0v) is 11.3. The van der Waals surface area contributed by atoms with E-state index < -0.39 is 0 Å². The van der Waals surface area contributed by atoms with Gasteiger partial charge in [0.2, 0.25) is 0 Å². The second-order valence-electron chi connectivity index (χ2n) is 5.17. The first-order valence-electron chi connectivity index (χ1n) is 6.73. The van der Waals surface area contributed by atoms with Gasteiger partial charge in [-0.3, -0.25) is 0 Å². The minimum Gasteiger partial charge on any atom is -0.493 e. The molecule has 0 spiro atoms. The van der Waals surface area contributed by atoms with Gasteiger partial charge in [0, 0.05) is 6.04 Å². The standard InChI is InChI=1S/C15H23NO2/c1-11-7-8-14(15(9-11)17-2)18-10-13(16)12-5-3-4-6-12/h7-9,12-13H,3-6,10,16H2,1-2H3. The normalized spacial score (nSPS) is 17.7. The molecule has 3 nitrogen and oxygen atoms in total. The Bertz CT molecular complexity index is 386. The smallest absolute Gasteiger partial charge is 0.161 e. The molecule has 2 rings (SSSR count). The molecule has 1 aliphatic carbocycles. The first-order valence-corrected chi connectivity index (χ1v) is 6.73. The van der Waals surface area contributed by atoms with Gasteiger partial charge in [0.25, 0.3) is 0 Å². The molecule has 1 saturated carbocycles. The van der Waals surface area contributed by atoms with Crippen LogP contribution in [-0.2, 0) is 0 Å². The number of ether oxygens (including phenoxy) is 2. The molecular formula is C15H23NO2. The largest absolute Gasteiger partial charge is 0.493 e. The molecule has 1 fully saturated rings. The van der Waals surface area contributed by atoms with Gasteiger partial charge >= 0.3 is 0 Å². The number of aryl methyl sites for hydroxylation is 1. The highest BCUT2D eigenvalue weighted by molar-refractivity contribution is 5.42. The van der Waals surface area contributed by atoms with Gasteiger partial charge in [0.15, 0.2) is 11.5 Å². The van der Waals surface area contributed by atoms with E-state index in [1.807, 2.05) is 25.1 Å². The molecule has 0 amide bonds. The van der Waals surface area contributed by atoms with E-state index in [2.05, 4.69) is 0 Å². The van der Waals surface area contributed by atoms with Crippen LogP contribution in [0.3, 0.4) is 0 Å². The summed E-state index contributed by atoms with van der Waals surface area (Å²) >= 11 is 0. The van der Waals surface area contributed by atoms with Crippen molar-refractivity contribution in [1.82, 2.24) is 0 Å². The van der Waals surface area contributed by atoms with Crippen LogP contribution in [0.15, 0.2) is 18.2 Å². The van der Waals surface area contributed by atoms with E-state index in [1.54, 1.807) is 7.11 Å². The van der Waals surface area contributed by atoms with Gasteiger partial charge in [-0.05, 0) is 43.4 Å². The monoisotopic (exact) mass is 249 g/mol. The van der Waals surface area contributed by atoms with Gasteiger partial charge in [-0.25, -0.2) is 0 Å². The third kappa shape index (κ3) is 3.16. The summed E-state index contributed by atoms with van der Waals surface area (Å²) in [5.41, 5.74) is 7.35. The van der Waals surface area contributed by atoms with Crippen molar-refractivity contribution in [3.63, 3.8) is 0 Å². The third-order valence-electron chi connectivity index (χ3n) is 3.76. The Morgan fingerprint density at radius 2 is 2.00 bits per heavy atom. The Hall–Kier alpha value is -1.22. The predicted octanol–water partition coefficient (Wildman–Crippen LogP) is 2.90. The molecule has 0 saturated heterocycles. The maximum atomic E-state index is 6.18. The average Bonchev–Trinajstić information content (AvgIpc) is 2.90. The second kappa shape index (κ2) is 6.10. The van der Waals surface area contributed by atoms with Crippen LogP contribution in [0, 0.1) is 12.8 Å². The molecule has 1 unspecified atom stereocenters. The lowest BCUT2D eigenvalue weighted by Crippen LogP contribution is -2.34. The van der Waals surface area contributed by atoms with Crippen molar-refractivity contribution in [2.24, 2.45) is 11.7 Å². The molecule has 100 valence electrons. The van der Waals surface area contributed by atoms with Crippen LogP contribution in [0.1, 0.15) is 31.2 Å². The molecule has 2 N–H and O–H groups in total. The van der Waals surface area contributed by atoms with Crippen LogP contribution in [-0.4, -0.2) is 19.8 Å². The molecule has 3 heteroatoms. The molecule has 1 aromatic carbocycles. The predicted molar refractivity (Wildman–Crippen MR) is 73.2 cm³/mol. The van der Waals surface area contributed by atoms with E-state index in [4.69, 9.17) is 15.2 Å². The number of nitrogens with two attached hydrogens (primary N) is 1. The summed E-state index contributed by atoms with van der Waals surface area (Å²) in [5, 5.41) is 0. The van der Waals surface area contributed by atoms with Crippen LogP contribution in [0.4, 0.5) is 0 Å². The van der Waals surface area contributed by atoms with E-state index in [0.29, 0.717) is 12.5 Å². The SMILES string of the molecule is COc1cc(C)ccc1OCC(N)C1CCCC1. The number of methoxy groups -OCH3 is 1. The first-order chi connectivity index (χ1) is 8.70. The lowest BCUT2D eigenvalue weighted by molar-refractivity contribution is 0.237. The number of rotatable bonds is 5. The maximum absolute atomic E-state index is 6.18. The minimum absolute atomic E-state index is 0.138. The van der Waals surface area contributed by atoms with Crippen LogP contribution in [0.2, 0.25) is 0 Å². The Labute approximate surface area is 109 Å². The van der Waals surface area contributed by atoms with Crippen LogP contribution < -0.4 is 15.2 Å². The molecule has 1 aliphatic rings. The van der Waals surface area contributed by atoms with Crippen LogP contribution >= 0.6 is 0 Å². The Morgan fingerprint density at radius 1 is 1.28 bits per heavy atom. The molecule has 0 bridgehead atoms. The van der Waals surface area contributed by atoms with Crippen molar-refractivity contribution < 1.29 is 9.47 Å². The van der Waals surface area contributed by atoms with Gasteiger partial charge in [-0.15, -0.1) is 0 Å². The summed E-state index contributed by atoms with van der Waals surface area (Å²) in [6.07, 6.45) is 5.11. The fourth-order valence-corrected chi connectivity index (χ4v) is 2.60. The Kier molecular flexibility index (Phi) is 4.48.